The monoisotopic (exact) mass is 266 g/mol. The molecule has 0 spiro atoms. The Balaban J connectivity index is 1.68. The quantitative estimate of drug-likeness (QED) is 0.603. The van der Waals surface area contributed by atoms with E-state index in [9.17, 15) is 0 Å². The molecule has 0 aromatic rings. The summed E-state index contributed by atoms with van der Waals surface area (Å²) in [5.41, 5.74) is 5.08. The van der Waals surface area contributed by atoms with Gasteiger partial charge in [0.1, 0.15) is 0 Å². The first-order valence-electron chi connectivity index (χ1n) is 8.89. The van der Waals surface area contributed by atoms with E-state index in [0.29, 0.717) is 0 Å². The molecule has 2 radical (unpaired) electrons. The molecule has 1 atom stereocenters. The standard InChI is InChI=1S/C19H27B/c1-13-17(14-5-2-6-14)11-19(20,16-9-4-10-16)12-18(13)15-7-3-8-15/h11,14-16H,2-10,12H2,1H3. The van der Waals surface area contributed by atoms with Crippen molar-refractivity contribution in [2.75, 3.05) is 0 Å². The van der Waals surface area contributed by atoms with Gasteiger partial charge in [0.2, 0.25) is 0 Å². The first-order chi connectivity index (χ1) is 9.67. The third-order valence-corrected chi connectivity index (χ3v) is 6.84. The molecule has 1 unspecified atom stereocenters. The van der Waals surface area contributed by atoms with Crippen molar-refractivity contribution < 1.29 is 0 Å². The molecule has 3 saturated carbocycles. The third-order valence-electron chi connectivity index (χ3n) is 6.84. The van der Waals surface area contributed by atoms with Crippen molar-refractivity contribution in [3.8, 4) is 0 Å². The minimum absolute atomic E-state index is 0.00755. The van der Waals surface area contributed by atoms with E-state index in [1.807, 2.05) is 0 Å². The van der Waals surface area contributed by atoms with Crippen molar-refractivity contribution in [3.63, 3.8) is 0 Å². The Hall–Kier alpha value is -0.455. The van der Waals surface area contributed by atoms with Gasteiger partial charge in [0.25, 0.3) is 0 Å². The van der Waals surface area contributed by atoms with E-state index >= 15 is 0 Å². The average molecular weight is 266 g/mol. The largest absolute Gasteiger partial charge is 0.0827 e. The highest BCUT2D eigenvalue weighted by Gasteiger charge is 2.42. The SMILES string of the molecule is [B]C1(C2CCC2)C=C(C2CCC2)C(C)=C(C2CCC2)C1. The minimum atomic E-state index is 0.00755. The predicted molar refractivity (Wildman–Crippen MR) is 85.9 cm³/mol. The van der Waals surface area contributed by atoms with Crippen LogP contribution in [0.1, 0.15) is 71.1 Å². The molecule has 3 fully saturated rings. The van der Waals surface area contributed by atoms with Crippen LogP contribution in [0.15, 0.2) is 22.8 Å². The van der Waals surface area contributed by atoms with Crippen LogP contribution in [0.3, 0.4) is 0 Å². The van der Waals surface area contributed by atoms with Gasteiger partial charge >= 0.3 is 0 Å². The Morgan fingerprint density at radius 2 is 1.55 bits per heavy atom. The van der Waals surface area contributed by atoms with Gasteiger partial charge in [-0.3, -0.25) is 0 Å². The van der Waals surface area contributed by atoms with E-state index in [1.54, 1.807) is 16.7 Å². The summed E-state index contributed by atoms with van der Waals surface area (Å²) in [6, 6.07) is 0. The van der Waals surface area contributed by atoms with Gasteiger partial charge in [-0.25, -0.2) is 0 Å². The highest BCUT2D eigenvalue weighted by Crippen LogP contribution is 2.58. The lowest BCUT2D eigenvalue weighted by molar-refractivity contribution is 0.236. The first kappa shape index (κ1) is 13.2. The van der Waals surface area contributed by atoms with Gasteiger partial charge in [-0.2, -0.15) is 0 Å². The van der Waals surface area contributed by atoms with Crippen molar-refractivity contribution in [2.24, 2.45) is 17.8 Å². The summed E-state index contributed by atoms with van der Waals surface area (Å²) in [6.45, 7) is 2.40. The molecule has 0 heterocycles. The van der Waals surface area contributed by atoms with Crippen molar-refractivity contribution in [2.45, 2.75) is 76.4 Å². The van der Waals surface area contributed by atoms with Crippen molar-refractivity contribution in [3.05, 3.63) is 22.8 Å². The smallest absolute Gasteiger partial charge is 0.0810 e. The van der Waals surface area contributed by atoms with Crippen LogP contribution >= 0.6 is 0 Å². The molecular weight excluding hydrogens is 239 g/mol. The van der Waals surface area contributed by atoms with Crippen LogP contribution in [-0.4, -0.2) is 7.85 Å². The van der Waals surface area contributed by atoms with Gasteiger partial charge in [-0.15, -0.1) is 0 Å². The Bertz CT molecular complexity index is 460. The molecule has 0 saturated heterocycles. The molecule has 4 aliphatic rings. The summed E-state index contributed by atoms with van der Waals surface area (Å²) >= 11 is 0. The van der Waals surface area contributed by atoms with Crippen LogP contribution in [0.4, 0.5) is 0 Å². The Morgan fingerprint density at radius 1 is 0.950 bits per heavy atom. The third kappa shape index (κ3) is 1.96. The Kier molecular flexibility index (Phi) is 3.16. The van der Waals surface area contributed by atoms with E-state index in [-0.39, 0.29) is 5.31 Å². The summed E-state index contributed by atoms with van der Waals surface area (Å²) in [5.74, 6) is 2.48. The van der Waals surface area contributed by atoms with Gasteiger partial charge in [0.15, 0.2) is 0 Å². The molecule has 0 aliphatic heterocycles. The number of allylic oxidation sites excluding steroid dienone is 4. The zero-order valence-corrected chi connectivity index (χ0v) is 13.0. The molecule has 1 heteroatoms. The fourth-order valence-electron chi connectivity index (χ4n) is 4.66. The molecule has 0 nitrogen and oxygen atoms in total. The molecular formula is C19H27B. The van der Waals surface area contributed by atoms with Crippen molar-refractivity contribution in [1.82, 2.24) is 0 Å². The van der Waals surface area contributed by atoms with E-state index in [4.69, 9.17) is 7.85 Å². The maximum atomic E-state index is 6.93. The summed E-state index contributed by atoms with van der Waals surface area (Å²) in [6.07, 6.45) is 16.4. The lowest BCUT2D eigenvalue weighted by Crippen LogP contribution is -2.34. The maximum Gasteiger partial charge on any atom is 0.0810 e. The van der Waals surface area contributed by atoms with Gasteiger partial charge in [-0.1, -0.05) is 43.8 Å². The normalized spacial score (nSPS) is 36.1. The Labute approximate surface area is 125 Å². The summed E-state index contributed by atoms with van der Waals surface area (Å²) in [5, 5.41) is 0.00755. The minimum Gasteiger partial charge on any atom is -0.0827 e. The lowest BCUT2D eigenvalue weighted by atomic mass is 9.48. The molecule has 0 amide bonds. The van der Waals surface area contributed by atoms with Crippen LogP contribution in [0.2, 0.25) is 5.31 Å². The number of rotatable bonds is 3. The topological polar surface area (TPSA) is 0 Å². The molecule has 0 aromatic carbocycles. The second-order valence-electron chi connectivity index (χ2n) is 7.92. The van der Waals surface area contributed by atoms with Gasteiger partial charge in [-0.05, 0) is 73.2 Å². The summed E-state index contributed by atoms with van der Waals surface area (Å²) in [7, 11) is 6.93. The van der Waals surface area contributed by atoms with Gasteiger partial charge in [0.05, 0.1) is 7.85 Å². The highest BCUT2D eigenvalue weighted by atomic mass is 14.4. The molecule has 4 rings (SSSR count). The maximum absolute atomic E-state index is 6.93. The van der Waals surface area contributed by atoms with Crippen LogP contribution in [0.25, 0.3) is 0 Å². The van der Waals surface area contributed by atoms with E-state index in [0.717, 1.165) is 17.8 Å². The predicted octanol–water partition coefficient (Wildman–Crippen LogP) is 5.36. The molecule has 0 aromatic heterocycles. The first-order valence-corrected chi connectivity index (χ1v) is 8.89. The van der Waals surface area contributed by atoms with Crippen LogP contribution in [0.5, 0.6) is 0 Å². The summed E-state index contributed by atoms with van der Waals surface area (Å²) < 4.78 is 0. The van der Waals surface area contributed by atoms with Crippen molar-refractivity contribution in [1.29, 1.82) is 0 Å². The van der Waals surface area contributed by atoms with Gasteiger partial charge < -0.3 is 0 Å². The fourth-order valence-corrected chi connectivity index (χ4v) is 4.66. The molecule has 4 aliphatic carbocycles. The summed E-state index contributed by atoms with van der Waals surface area (Å²) in [4.78, 5) is 0. The zero-order valence-electron chi connectivity index (χ0n) is 13.0. The van der Waals surface area contributed by atoms with E-state index in [1.165, 1.54) is 64.2 Å². The van der Waals surface area contributed by atoms with Crippen LogP contribution in [0, 0.1) is 17.8 Å². The van der Waals surface area contributed by atoms with E-state index < -0.39 is 0 Å². The fraction of sp³-hybridized carbons (Fsp3) is 0.789. The van der Waals surface area contributed by atoms with Crippen LogP contribution in [-0.2, 0) is 0 Å². The van der Waals surface area contributed by atoms with E-state index in [2.05, 4.69) is 13.0 Å². The molecule has 0 N–H and O–H groups in total. The second kappa shape index (κ2) is 4.78. The van der Waals surface area contributed by atoms with Gasteiger partial charge in [0, 0.05) is 0 Å². The second-order valence-corrected chi connectivity index (χ2v) is 7.92. The van der Waals surface area contributed by atoms with Crippen LogP contribution < -0.4 is 0 Å². The zero-order chi connectivity index (χ0) is 13.7. The molecule has 20 heavy (non-hydrogen) atoms. The average Bonchev–Trinajstić information content (AvgIpc) is 2.16. The number of hydrogen-bond acceptors (Lipinski definition) is 0. The van der Waals surface area contributed by atoms with Crippen molar-refractivity contribution >= 4 is 7.85 Å². The molecule has 106 valence electrons. The highest BCUT2D eigenvalue weighted by molar-refractivity contribution is 6.17. The lowest BCUT2D eigenvalue weighted by Gasteiger charge is -2.49. The molecule has 0 bridgehead atoms. The Morgan fingerprint density at radius 3 is 2.00 bits per heavy atom. The number of hydrogen-bond donors (Lipinski definition) is 0.